The van der Waals surface area contributed by atoms with Crippen LogP contribution in [0.3, 0.4) is 0 Å². The molecule has 0 aliphatic carbocycles. The molecule has 0 unspecified atom stereocenters. The summed E-state index contributed by atoms with van der Waals surface area (Å²) in [6.07, 6.45) is 1.28. The summed E-state index contributed by atoms with van der Waals surface area (Å²) in [6, 6.07) is 6.18. The Kier molecular flexibility index (Phi) is 3.53. The zero-order chi connectivity index (χ0) is 18.3. The average molecular weight is 354 g/mol. The lowest BCUT2D eigenvalue weighted by molar-refractivity contribution is -0.0588. The van der Waals surface area contributed by atoms with Crippen LogP contribution < -0.4 is 0 Å². The van der Waals surface area contributed by atoms with E-state index in [2.05, 4.69) is 20.5 Å². The van der Waals surface area contributed by atoms with Crippen LogP contribution in [0.25, 0.3) is 0 Å². The molecule has 3 heterocycles. The highest BCUT2D eigenvalue weighted by Crippen LogP contribution is 2.23. The Hall–Kier alpha value is -3.89. The van der Waals surface area contributed by atoms with Crippen LogP contribution in [0.15, 0.2) is 35.0 Å². The summed E-state index contributed by atoms with van der Waals surface area (Å²) in [4.78, 5) is 45.5. The molecule has 4 rings (SSSR count). The van der Waals surface area contributed by atoms with Gasteiger partial charge in [0.15, 0.2) is 11.5 Å². The predicted octanol–water partition coefficient (Wildman–Crippen LogP) is 0.386. The molecule has 11 nitrogen and oxygen atoms in total. The van der Waals surface area contributed by atoms with Crippen molar-refractivity contribution >= 4 is 17.8 Å². The van der Waals surface area contributed by atoms with Crippen LogP contribution in [-0.4, -0.2) is 48.0 Å². The summed E-state index contributed by atoms with van der Waals surface area (Å²) in [5.74, 6) is -1.67. The van der Waals surface area contributed by atoms with Gasteiger partial charge >= 0.3 is 5.97 Å². The molecule has 0 saturated heterocycles. The number of aryl methyl sites for hydroxylation is 1. The van der Waals surface area contributed by atoms with Crippen molar-refractivity contribution in [2.24, 2.45) is 0 Å². The molecule has 1 aliphatic heterocycles. The van der Waals surface area contributed by atoms with Crippen molar-refractivity contribution in [2.75, 3.05) is 0 Å². The van der Waals surface area contributed by atoms with E-state index < -0.39 is 17.8 Å². The zero-order valence-corrected chi connectivity index (χ0v) is 13.3. The van der Waals surface area contributed by atoms with Crippen molar-refractivity contribution < 1.29 is 23.7 Å². The molecule has 0 spiro atoms. The van der Waals surface area contributed by atoms with Gasteiger partial charge in [-0.2, -0.15) is 4.98 Å². The lowest BCUT2D eigenvalue weighted by Gasteiger charge is -2.11. The van der Waals surface area contributed by atoms with Crippen molar-refractivity contribution in [1.29, 1.82) is 0 Å². The number of amides is 2. The highest BCUT2D eigenvalue weighted by Gasteiger charge is 2.39. The lowest BCUT2D eigenvalue weighted by Crippen LogP contribution is -2.32. The van der Waals surface area contributed by atoms with Gasteiger partial charge in [0, 0.05) is 6.92 Å². The van der Waals surface area contributed by atoms with Gasteiger partial charge < -0.3 is 9.36 Å². The third-order valence-electron chi connectivity index (χ3n) is 3.55. The van der Waals surface area contributed by atoms with Gasteiger partial charge in [0.1, 0.15) is 6.54 Å². The van der Waals surface area contributed by atoms with E-state index in [0.717, 1.165) is 0 Å². The van der Waals surface area contributed by atoms with Crippen LogP contribution in [-0.2, 0) is 11.4 Å². The molecule has 1 aromatic carbocycles. The quantitative estimate of drug-likeness (QED) is 0.610. The Morgan fingerprint density at radius 2 is 1.88 bits per heavy atom. The van der Waals surface area contributed by atoms with Gasteiger partial charge in [-0.15, -0.1) is 5.10 Å². The number of carbonyl (C=O) groups is 3. The van der Waals surface area contributed by atoms with Crippen LogP contribution in [0.2, 0.25) is 0 Å². The van der Waals surface area contributed by atoms with E-state index in [1.807, 2.05) is 0 Å². The predicted molar refractivity (Wildman–Crippen MR) is 80.5 cm³/mol. The van der Waals surface area contributed by atoms with Crippen LogP contribution in [0.4, 0.5) is 0 Å². The Labute approximate surface area is 145 Å². The molecular formula is C15H10N6O5. The van der Waals surface area contributed by atoms with Crippen LogP contribution in [0.5, 0.6) is 0 Å². The summed E-state index contributed by atoms with van der Waals surface area (Å²) in [5, 5.41) is 11.5. The van der Waals surface area contributed by atoms with E-state index in [-0.39, 0.29) is 23.4 Å². The van der Waals surface area contributed by atoms with Gasteiger partial charge in [0.2, 0.25) is 5.89 Å². The monoisotopic (exact) mass is 354 g/mol. The summed E-state index contributed by atoms with van der Waals surface area (Å²) < 4.78 is 6.13. The topological polar surface area (TPSA) is 133 Å². The summed E-state index contributed by atoms with van der Waals surface area (Å²) in [7, 11) is 0. The average Bonchev–Trinajstić information content (AvgIpc) is 3.32. The molecule has 2 aromatic heterocycles. The Balaban J connectivity index is 1.48. The fourth-order valence-electron chi connectivity index (χ4n) is 2.40. The molecule has 26 heavy (non-hydrogen) atoms. The van der Waals surface area contributed by atoms with Gasteiger partial charge in [-0.3, -0.25) is 9.59 Å². The molecule has 2 amide bonds. The number of imide groups is 1. The summed E-state index contributed by atoms with van der Waals surface area (Å²) in [6.45, 7) is 1.77. The molecule has 0 fully saturated rings. The Bertz CT molecular complexity index is 1000. The molecule has 11 heteroatoms. The molecule has 0 N–H and O–H groups in total. The third kappa shape index (κ3) is 2.60. The van der Waals surface area contributed by atoms with Gasteiger partial charge in [-0.05, 0) is 12.1 Å². The van der Waals surface area contributed by atoms with Crippen molar-refractivity contribution in [2.45, 2.75) is 13.5 Å². The SMILES string of the molecule is Cc1nc(Cn2cc(C(=O)ON3C(=O)c4ccccc4C3=O)nn2)no1. The van der Waals surface area contributed by atoms with Gasteiger partial charge in [0.25, 0.3) is 11.8 Å². The standard InChI is InChI=1S/C15H10N6O5/c1-8-16-12(18-25-8)7-20-6-11(17-19-20)15(24)26-21-13(22)9-4-2-3-5-10(9)14(21)23/h2-6H,7H2,1H3. The molecule has 0 bridgehead atoms. The van der Waals surface area contributed by atoms with E-state index in [4.69, 9.17) is 9.36 Å². The molecule has 1 aliphatic rings. The van der Waals surface area contributed by atoms with Crippen molar-refractivity contribution in [3.05, 3.63) is 59.0 Å². The first-order valence-electron chi connectivity index (χ1n) is 7.42. The number of hydroxylamine groups is 2. The lowest BCUT2D eigenvalue weighted by atomic mass is 10.1. The molecule has 0 radical (unpaired) electrons. The van der Waals surface area contributed by atoms with Crippen LogP contribution in [0, 0.1) is 6.92 Å². The second-order valence-corrected chi connectivity index (χ2v) is 5.36. The van der Waals surface area contributed by atoms with Crippen LogP contribution >= 0.6 is 0 Å². The fraction of sp³-hybridized carbons (Fsp3) is 0.133. The highest BCUT2D eigenvalue weighted by atomic mass is 16.7. The molecular weight excluding hydrogens is 344 g/mol. The number of benzene rings is 1. The number of rotatable bonds is 4. The first-order valence-corrected chi connectivity index (χ1v) is 7.42. The second-order valence-electron chi connectivity index (χ2n) is 5.36. The van der Waals surface area contributed by atoms with Gasteiger partial charge in [0.05, 0.1) is 17.3 Å². The van der Waals surface area contributed by atoms with Crippen molar-refractivity contribution in [3.8, 4) is 0 Å². The largest absolute Gasteiger partial charge is 0.385 e. The minimum absolute atomic E-state index is 0.130. The van der Waals surface area contributed by atoms with E-state index in [0.29, 0.717) is 16.8 Å². The van der Waals surface area contributed by atoms with Gasteiger partial charge in [-0.25, -0.2) is 9.48 Å². The second kappa shape index (κ2) is 5.88. The number of fused-ring (bicyclic) bond motifs is 1. The number of hydrogen-bond acceptors (Lipinski definition) is 9. The maximum absolute atomic E-state index is 12.2. The minimum Gasteiger partial charge on any atom is -0.340 e. The minimum atomic E-state index is -0.991. The summed E-state index contributed by atoms with van der Waals surface area (Å²) >= 11 is 0. The maximum Gasteiger partial charge on any atom is 0.385 e. The number of hydrogen-bond donors (Lipinski definition) is 0. The number of aromatic nitrogens is 5. The van der Waals surface area contributed by atoms with E-state index in [9.17, 15) is 14.4 Å². The summed E-state index contributed by atoms with van der Waals surface area (Å²) in [5.41, 5.74) is 0.157. The zero-order valence-electron chi connectivity index (χ0n) is 13.3. The van der Waals surface area contributed by atoms with E-state index >= 15 is 0 Å². The Morgan fingerprint density at radius 1 is 1.19 bits per heavy atom. The van der Waals surface area contributed by atoms with Crippen molar-refractivity contribution in [1.82, 2.24) is 30.2 Å². The van der Waals surface area contributed by atoms with Crippen LogP contribution in [0.1, 0.15) is 42.9 Å². The smallest absolute Gasteiger partial charge is 0.340 e. The van der Waals surface area contributed by atoms with E-state index in [1.54, 1.807) is 19.1 Å². The molecule has 3 aromatic rings. The third-order valence-corrected chi connectivity index (χ3v) is 3.55. The maximum atomic E-state index is 12.2. The number of carbonyl (C=O) groups excluding carboxylic acids is 3. The number of nitrogens with zero attached hydrogens (tertiary/aromatic N) is 6. The molecule has 130 valence electrons. The molecule has 0 atom stereocenters. The van der Waals surface area contributed by atoms with Gasteiger partial charge in [-0.1, -0.05) is 27.6 Å². The first kappa shape index (κ1) is 15.6. The van der Waals surface area contributed by atoms with Crippen molar-refractivity contribution in [3.63, 3.8) is 0 Å². The van der Waals surface area contributed by atoms with E-state index in [1.165, 1.54) is 23.0 Å². The fourth-order valence-corrected chi connectivity index (χ4v) is 2.40. The Morgan fingerprint density at radius 3 is 2.50 bits per heavy atom. The molecule has 0 saturated carbocycles. The highest BCUT2D eigenvalue weighted by molar-refractivity contribution is 6.21. The normalized spacial score (nSPS) is 13.2. The first-order chi connectivity index (χ1) is 12.5.